The maximum absolute atomic E-state index is 12.3. The van der Waals surface area contributed by atoms with Crippen molar-refractivity contribution in [2.24, 2.45) is 5.92 Å². The molecule has 28 heavy (non-hydrogen) atoms. The van der Waals surface area contributed by atoms with Crippen LogP contribution in [-0.4, -0.2) is 39.1 Å². The Balaban J connectivity index is 1.68. The number of nitrogens with zero attached hydrogens (tertiary/aromatic N) is 3. The highest BCUT2D eigenvalue weighted by molar-refractivity contribution is 6.00. The molecular formula is C21H26N6O. The normalized spacial score (nSPS) is 15.5. The van der Waals surface area contributed by atoms with Crippen molar-refractivity contribution in [2.45, 2.75) is 32.6 Å². The fourth-order valence-corrected chi connectivity index (χ4v) is 3.93. The molecule has 1 fully saturated rings. The van der Waals surface area contributed by atoms with Gasteiger partial charge in [0, 0.05) is 36.3 Å². The highest BCUT2D eigenvalue weighted by Gasteiger charge is 2.27. The Kier molecular flexibility index (Phi) is 4.66. The first-order valence-corrected chi connectivity index (χ1v) is 9.73. The molecule has 7 nitrogen and oxygen atoms in total. The van der Waals surface area contributed by atoms with Crippen molar-refractivity contribution < 1.29 is 4.79 Å². The molecule has 0 aliphatic carbocycles. The minimum absolute atomic E-state index is 0.0381. The van der Waals surface area contributed by atoms with E-state index in [0.717, 1.165) is 53.8 Å². The quantitative estimate of drug-likeness (QED) is 0.606. The molecule has 0 atom stereocenters. The molecule has 0 spiro atoms. The van der Waals surface area contributed by atoms with Crippen LogP contribution in [-0.2, 0) is 4.79 Å². The Morgan fingerprint density at radius 2 is 1.86 bits per heavy atom. The lowest BCUT2D eigenvalue weighted by Crippen LogP contribution is -2.40. The Labute approximate surface area is 164 Å². The summed E-state index contributed by atoms with van der Waals surface area (Å²) in [5.41, 5.74) is 16.4. The molecule has 1 saturated heterocycles. The zero-order valence-electron chi connectivity index (χ0n) is 16.3. The number of nitrogens with two attached hydrogens (primary N) is 2. The zero-order valence-corrected chi connectivity index (χ0v) is 16.3. The number of H-pyrrole nitrogens is 1. The fourth-order valence-electron chi connectivity index (χ4n) is 3.93. The van der Waals surface area contributed by atoms with Gasteiger partial charge in [-0.1, -0.05) is 26.0 Å². The van der Waals surface area contributed by atoms with E-state index in [1.54, 1.807) is 0 Å². The summed E-state index contributed by atoms with van der Waals surface area (Å²) in [5.74, 6) is 1.01. The SMILES string of the molecule is CC(C)C(=O)N1CCC(c2cc(-c3ccc(N)cc3)c3c(N)n[nH]c3n2)CC1. The van der Waals surface area contributed by atoms with Gasteiger partial charge in [0.1, 0.15) is 0 Å². The number of benzene rings is 1. The van der Waals surface area contributed by atoms with Crippen LogP contribution in [0.2, 0.25) is 0 Å². The number of piperidine rings is 1. The van der Waals surface area contributed by atoms with Gasteiger partial charge in [-0.05, 0) is 42.2 Å². The second kappa shape index (κ2) is 7.14. The van der Waals surface area contributed by atoms with Gasteiger partial charge < -0.3 is 16.4 Å². The number of fused-ring (bicyclic) bond motifs is 1. The first-order valence-electron chi connectivity index (χ1n) is 9.73. The number of carbonyl (C=O) groups excluding carboxylic acids is 1. The topological polar surface area (TPSA) is 114 Å². The third kappa shape index (κ3) is 3.28. The Morgan fingerprint density at radius 3 is 2.50 bits per heavy atom. The number of hydrogen-bond donors (Lipinski definition) is 3. The van der Waals surface area contributed by atoms with E-state index in [1.807, 2.05) is 43.0 Å². The van der Waals surface area contributed by atoms with Crippen molar-refractivity contribution in [3.05, 3.63) is 36.0 Å². The first kappa shape index (κ1) is 18.3. The van der Waals surface area contributed by atoms with Crippen LogP contribution in [0.15, 0.2) is 30.3 Å². The summed E-state index contributed by atoms with van der Waals surface area (Å²) in [5, 5.41) is 7.94. The van der Waals surface area contributed by atoms with Crippen LogP contribution in [0.1, 0.15) is 38.3 Å². The van der Waals surface area contributed by atoms with Crippen LogP contribution >= 0.6 is 0 Å². The van der Waals surface area contributed by atoms with Crippen LogP contribution < -0.4 is 11.5 Å². The average Bonchev–Trinajstić information content (AvgIpc) is 3.08. The lowest BCUT2D eigenvalue weighted by atomic mass is 9.90. The van der Waals surface area contributed by atoms with Gasteiger partial charge in [0.05, 0.1) is 5.39 Å². The summed E-state index contributed by atoms with van der Waals surface area (Å²) in [6.07, 6.45) is 1.81. The second-order valence-electron chi connectivity index (χ2n) is 7.80. The number of likely N-dealkylation sites (tertiary alicyclic amines) is 1. The van der Waals surface area contributed by atoms with Crippen LogP contribution in [0.25, 0.3) is 22.2 Å². The molecule has 1 aliphatic heterocycles. The summed E-state index contributed by atoms with van der Waals surface area (Å²) < 4.78 is 0. The number of anilines is 2. The van der Waals surface area contributed by atoms with Gasteiger partial charge in [-0.25, -0.2) is 4.98 Å². The molecule has 1 aliphatic rings. The summed E-state index contributed by atoms with van der Waals surface area (Å²) in [7, 11) is 0. The summed E-state index contributed by atoms with van der Waals surface area (Å²) in [4.78, 5) is 19.0. The number of hydrogen-bond acceptors (Lipinski definition) is 5. The third-order valence-electron chi connectivity index (χ3n) is 5.52. The molecule has 2 aromatic heterocycles. The second-order valence-corrected chi connectivity index (χ2v) is 7.80. The Bertz CT molecular complexity index is 1000. The van der Waals surface area contributed by atoms with Crippen LogP contribution in [0, 0.1) is 5.92 Å². The predicted molar refractivity (Wildman–Crippen MR) is 112 cm³/mol. The number of nitrogens with one attached hydrogen (secondary N) is 1. The van der Waals surface area contributed by atoms with Crippen molar-refractivity contribution in [1.82, 2.24) is 20.1 Å². The molecule has 5 N–H and O–H groups in total. The van der Waals surface area contributed by atoms with Crippen LogP contribution in [0.4, 0.5) is 11.5 Å². The van der Waals surface area contributed by atoms with Crippen molar-refractivity contribution in [3.63, 3.8) is 0 Å². The van der Waals surface area contributed by atoms with E-state index < -0.39 is 0 Å². The smallest absolute Gasteiger partial charge is 0.225 e. The number of pyridine rings is 1. The van der Waals surface area contributed by atoms with Crippen LogP contribution in [0.5, 0.6) is 0 Å². The van der Waals surface area contributed by atoms with Gasteiger partial charge in [-0.3, -0.25) is 9.89 Å². The van der Waals surface area contributed by atoms with Gasteiger partial charge in [-0.15, -0.1) is 0 Å². The Hall–Kier alpha value is -3.09. The first-order chi connectivity index (χ1) is 13.4. The van der Waals surface area contributed by atoms with Crippen molar-refractivity contribution in [3.8, 4) is 11.1 Å². The molecular weight excluding hydrogens is 352 g/mol. The van der Waals surface area contributed by atoms with Crippen LogP contribution in [0.3, 0.4) is 0 Å². The molecule has 4 rings (SSSR count). The number of rotatable bonds is 3. The van der Waals surface area contributed by atoms with Crippen molar-refractivity contribution in [2.75, 3.05) is 24.6 Å². The molecule has 1 amide bonds. The predicted octanol–water partition coefficient (Wildman–Crippen LogP) is 3.15. The average molecular weight is 378 g/mol. The van der Waals surface area contributed by atoms with Gasteiger partial charge in [0.15, 0.2) is 11.5 Å². The highest BCUT2D eigenvalue weighted by Crippen LogP contribution is 2.36. The van der Waals surface area contributed by atoms with E-state index in [-0.39, 0.29) is 11.8 Å². The van der Waals surface area contributed by atoms with E-state index in [0.29, 0.717) is 17.4 Å². The number of amides is 1. The standard InChI is InChI=1S/C21H26N6O/c1-12(2)21(28)27-9-7-14(8-10-27)17-11-16(13-3-5-15(22)6-4-13)18-19(23)25-26-20(18)24-17/h3-6,11-12,14H,7-10,22H2,1-2H3,(H3,23,24,25,26). The van der Waals surface area contributed by atoms with Gasteiger partial charge in [0.2, 0.25) is 5.91 Å². The number of aromatic nitrogens is 3. The van der Waals surface area contributed by atoms with Crippen molar-refractivity contribution >= 4 is 28.4 Å². The molecule has 0 unspecified atom stereocenters. The maximum Gasteiger partial charge on any atom is 0.225 e. The van der Waals surface area contributed by atoms with Gasteiger partial charge >= 0.3 is 0 Å². The van der Waals surface area contributed by atoms with E-state index in [9.17, 15) is 4.79 Å². The van der Waals surface area contributed by atoms with E-state index in [1.165, 1.54) is 0 Å². The maximum atomic E-state index is 12.3. The molecule has 7 heteroatoms. The monoisotopic (exact) mass is 378 g/mol. The molecule has 1 aromatic carbocycles. The number of aromatic amines is 1. The van der Waals surface area contributed by atoms with E-state index >= 15 is 0 Å². The number of carbonyl (C=O) groups is 1. The van der Waals surface area contributed by atoms with Crippen molar-refractivity contribution in [1.29, 1.82) is 0 Å². The molecule has 146 valence electrons. The lowest BCUT2D eigenvalue weighted by Gasteiger charge is -2.33. The molecule has 0 saturated carbocycles. The minimum atomic E-state index is 0.0381. The summed E-state index contributed by atoms with van der Waals surface area (Å²) >= 11 is 0. The number of nitrogen functional groups attached to an aromatic ring is 2. The Morgan fingerprint density at radius 1 is 1.18 bits per heavy atom. The molecule has 0 bridgehead atoms. The highest BCUT2D eigenvalue weighted by atomic mass is 16.2. The molecule has 3 aromatic rings. The fraction of sp³-hybridized carbons (Fsp3) is 0.381. The molecule has 3 heterocycles. The third-order valence-corrected chi connectivity index (χ3v) is 5.52. The van der Waals surface area contributed by atoms with Gasteiger partial charge in [0.25, 0.3) is 0 Å². The summed E-state index contributed by atoms with van der Waals surface area (Å²) in [6.45, 7) is 5.43. The molecule has 0 radical (unpaired) electrons. The zero-order chi connectivity index (χ0) is 19.8. The minimum Gasteiger partial charge on any atom is -0.399 e. The van der Waals surface area contributed by atoms with E-state index in [4.69, 9.17) is 16.5 Å². The van der Waals surface area contributed by atoms with Gasteiger partial charge in [-0.2, -0.15) is 5.10 Å². The largest absolute Gasteiger partial charge is 0.399 e. The lowest BCUT2D eigenvalue weighted by molar-refractivity contribution is -0.135. The summed E-state index contributed by atoms with van der Waals surface area (Å²) in [6, 6.07) is 9.86. The van der Waals surface area contributed by atoms with E-state index in [2.05, 4.69) is 16.3 Å².